The zero-order valence-electron chi connectivity index (χ0n) is 17.0. The van der Waals surface area contributed by atoms with Crippen LogP contribution in [-0.4, -0.2) is 69.2 Å². The van der Waals surface area contributed by atoms with Crippen LogP contribution in [0.1, 0.15) is 42.2 Å². The van der Waals surface area contributed by atoms with Gasteiger partial charge in [0.1, 0.15) is 5.69 Å². The molecule has 29 heavy (non-hydrogen) atoms. The predicted molar refractivity (Wildman–Crippen MR) is 109 cm³/mol. The highest BCUT2D eigenvalue weighted by atomic mass is 16.3. The highest BCUT2D eigenvalue weighted by molar-refractivity contribution is 5.95. The number of hydrogen-bond acceptors (Lipinski definition) is 4. The summed E-state index contributed by atoms with van der Waals surface area (Å²) in [4.78, 5) is 28.5. The number of piperidine rings is 2. The van der Waals surface area contributed by atoms with Crippen LogP contribution in [0.25, 0.3) is 11.3 Å². The number of rotatable bonds is 2. The van der Waals surface area contributed by atoms with E-state index in [2.05, 4.69) is 10.2 Å². The molecule has 1 unspecified atom stereocenters. The minimum absolute atomic E-state index is 0.00292. The normalized spacial score (nSPS) is 21.4. The number of β-amino-alcohol motifs (C(OH)–C–C–N with tert-alkyl or cyclic N) is 1. The lowest BCUT2D eigenvalue weighted by molar-refractivity contribution is -0.137. The number of nitrogens with one attached hydrogen (secondary N) is 1. The molecular weight excluding hydrogens is 368 g/mol. The topological polar surface area (TPSA) is 89.5 Å². The van der Waals surface area contributed by atoms with E-state index >= 15 is 0 Å². The van der Waals surface area contributed by atoms with Crippen LogP contribution < -0.4 is 0 Å². The Kier molecular flexibility index (Phi) is 5.17. The average Bonchev–Trinajstić information content (AvgIpc) is 3.09. The van der Waals surface area contributed by atoms with Gasteiger partial charge in [-0.2, -0.15) is 5.10 Å². The summed E-state index contributed by atoms with van der Waals surface area (Å²) >= 11 is 0. The van der Waals surface area contributed by atoms with Crippen molar-refractivity contribution in [2.24, 2.45) is 5.41 Å². The summed E-state index contributed by atoms with van der Waals surface area (Å²) < 4.78 is 0. The summed E-state index contributed by atoms with van der Waals surface area (Å²) in [5.41, 5.74) is 3.08. The summed E-state index contributed by atoms with van der Waals surface area (Å²) in [5.74, 6) is -0.0324. The van der Waals surface area contributed by atoms with Gasteiger partial charge in [0.15, 0.2) is 0 Å². The van der Waals surface area contributed by atoms with Crippen molar-refractivity contribution in [2.45, 2.75) is 39.2 Å². The third-order valence-electron chi connectivity index (χ3n) is 6.45. The predicted octanol–water partition coefficient (Wildman–Crippen LogP) is 2.22. The van der Waals surface area contributed by atoms with Crippen molar-refractivity contribution in [2.75, 3.05) is 26.2 Å². The highest BCUT2D eigenvalue weighted by Crippen LogP contribution is 2.40. The van der Waals surface area contributed by atoms with E-state index in [9.17, 15) is 14.7 Å². The molecule has 2 aromatic rings. The fourth-order valence-electron chi connectivity index (χ4n) is 4.78. The third-order valence-corrected chi connectivity index (χ3v) is 6.45. The molecule has 0 bridgehead atoms. The van der Waals surface area contributed by atoms with Crippen LogP contribution in [0, 0.1) is 12.3 Å². The van der Waals surface area contributed by atoms with E-state index in [0.717, 1.165) is 29.7 Å². The number of nitrogens with zero attached hydrogens (tertiary/aromatic N) is 3. The van der Waals surface area contributed by atoms with Gasteiger partial charge in [-0.25, -0.2) is 0 Å². The first-order valence-corrected chi connectivity index (χ1v) is 10.2. The molecule has 7 nitrogen and oxygen atoms in total. The Morgan fingerprint density at radius 2 is 1.86 bits per heavy atom. The van der Waals surface area contributed by atoms with Crippen molar-refractivity contribution in [1.29, 1.82) is 0 Å². The quantitative estimate of drug-likeness (QED) is 0.815. The maximum absolute atomic E-state index is 13.1. The van der Waals surface area contributed by atoms with Gasteiger partial charge < -0.3 is 14.9 Å². The Morgan fingerprint density at radius 1 is 1.17 bits per heavy atom. The molecule has 2 aliphatic rings. The Bertz CT molecular complexity index is 900. The molecule has 3 heterocycles. The third kappa shape index (κ3) is 3.79. The molecule has 1 aromatic heterocycles. The van der Waals surface area contributed by atoms with Crippen LogP contribution in [0.2, 0.25) is 0 Å². The number of amides is 2. The molecule has 2 aliphatic heterocycles. The van der Waals surface area contributed by atoms with Crippen LogP contribution in [0.4, 0.5) is 0 Å². The molecule has 0 radical (unpaired) electrons. The van der Waals surface area contributed by atoms with Crippen molar-refractivity contribution in [3.05, 3.63) is 41.6 Å². The Labute approximate surface area is 170 Å². The maximum atomic E-state index is 13.1. The minimum Gasteiger partial charge on any atom is -0.391 e. The summed E-state index contributed by atoms with van der Waals surface area (Å²) in [5, 5.41) is 17.6. The van der Waals surface area contributed by atoms with Gasteiger partial charge in [0.2, 0.25) is 5.91 Å². The number of carbonyl (C=O) groups excluding carboxylic acids is 2. The maximum Gasteiger partial charge on any atom is 0.272 e. The van der Waals surface area contributed by atoms with Crippen LogP contribution in [0.5, 0.6) is 0 Å². The first-order chi connectivity index (χ1) is 13.9. The fraction of sp³-hybridized carbons (Fsp3) is 0.500. The molecule has 1 spiro atoms. The molecule has 0 saturated carbocycles. The fourth-order valence-corrected chi connectivity index (χ4v) is 4.78. The standard InChI is InChI=1S/C22H28N4O3/c1-15-19(17-6-4-3-5-7-17)23-24-20(15)21(29)25-10-8-22(9-11-25)12-18(28)13-26(14-22)16(2)27/h3-7,18,28H,8-14H2,1-2H3,(H,23,24). The summed E-state index contributed by atoms with van der Waals surface area (Å²) in [6.45, 7) is 5.80. The largest absolute Gasteiger partial charge is 0.391 e. The van der Waals surface area contributed by atoms with Crippen molar-refractivity contribution in [3.8, 4) is 11.3 Å². The Hall–Kier alpha value is -2.67. The van der Waals surface area contributed by atoms with Crippen LogP contribution in [-0.2, 0) is 4.79 Å². The molecule has 2 N–H and O–H groups in total. The van der Waals surface area contributed by atoms with Crippen molar-refractivity contribution in [3.63, 3.8) is 0 Å². The minimum atomic E-state index is -0.488. The van der Waals surface area contributed by atoms with Gasteiger partial charge in [-0.3, -0.25) is 14.7 Å². The molecule has 0 aliphatic carbocycles. The second-order valence-corrected chi connectivity index (χ2v) is 8.49. The van der Waals surface area contributed by atoms with E-state index in [4.69, 9.17) is 0 Å². The number of aromatic amines is 1. The van der Waals surface area contributed by atoms with Crippen molar-refractivity contribution < 1.29 is 14.7 Å². The molecule has 1 aromatic carbocycles. The number of carbonyl (C=O) groups is 2. The molecular formula is C22H28N4O3. The highest BCUT2D eigenvalue weighted by Gasteiger charge is 2.43. The molecule has 2 fully saturated rings. The van der Waals surface area contributed by atoms with Crippen LogP contribution >= 0.6 is 0 Å². The monoisotopic (exact) mass is 396 g/mol. The van der Waals surface area contributed by atoms with E-state index in [0.29, 0.717) is 38.3 Å². The van der Waals surface area contributed by atoms with Gasteiger partial charge in [0.25, 0.3) is 5.91 Å². The van der Waals surface area contributed by atoms with Gasteiger partial charge in [-0.1, -0.05) is 30.3 Å². The van der Waals surface area contributed by atoms with Gasteiger partial charge >= 0.3 is 0 Å². The van der Waals surface area contributed by atoms with Crippen LogP contribution in [0.15, 0.2) is 30.3 Å². The first-order valence-electron chi connectivity index (χ1n) is 10.2. The smallest absolute Gasteiger partial charge is 0.272 e. The van der Waals surface area contributed by atoms with Gasteiger partial charge in [0.05, 0.1) is 11.8 Å². The average molecular weight is 396 g/mol. The van der Waals surface area contributed by atoms with Gasteiger partial charge in [-0.15, -0.1) is 0 Å². The van der Waals surface area contributed by atoms with Gasteiger partial charge in [0, 0.05) is 44.2 Å². The SMILES string of the molecule is CC(=O)N1CC(O)CC2(CCN(C(=O)c3[nH]nc(-c4ccccc4)c3C)CC2)C1. The number of H-pyrrole nitrogens is 1. The number of likely N-dealkylation sites (tertiary alicyclic amines) is 2. The molecule has 2 amide bonds. The van der Waals surface area contributed by atoms with E-state index < -0.39 is 6.10 Å². The number of aliphatic hydroxyl groups is 1. The van der Waals surface area contributed by atoms with E-state index in [-0.39, 0.29) is 17.2 Å². The molecule has 154 valence electrons. The van der Waals surface area contributed by atoms with E-state index in [1.165, 1.54) is 0 Å². The molecule has 7 heteroatoms. The first kappa shape index (κ1) is 19.6. The zero-order chi connectivity index (χ0) is 20.6. The Balaban J connectivity index is 1.46. The Morgan fingerprint density at radius 3 is 2.52 bits per heavy atom. The van der Waals surface area contributed by atoms with Gasteiger partial charge in [-0.05, 0) is 31.6 Å². The molecule has 4 rings (SSSR count). The number of aromatic nitrogens is 2. The number of hydrogen-bond donors (Lipinski definition) is 2. The van der Waals surface area contributed by atoms with Crippen molar-refractivity contribution >= 4 is 11.8 Å². The molecule has 2 saturated heterocycles. The zero-order valence-corrected chi connectivity index (χ0v) is 17.0. The second kappa shape index (κ2) is 7.63. The number of benzene rings is 1. The lowest BCUT2D eigenvalue weighted by atomic mass is 9.71. The lowest BCUT2D eigenvalue weighted by Gasteiger charge is -2.48. The van der Waals surface area contributed by atoms with E-state index in [1.807, 2.05) is 42.2 Å². The van der Waals surface area contributed by atoms with E-state index in [1.54, 1.807) is 11.8 Å². The summed E-state index contributed by atoms with van der Waals surface area (Å²) in [6, 6.07) is 9.83. The van der Waals surface area contributed by atoms with Crippen LogP contribution in [0.3, 0.4) is 0 Å². The summed E-state index contributed by atoms with van der Waals surface area (Å²) in [6.07, 6.45) is 1.79. The van der Waals surface area contributed by atoms with Crippen molar-refractivity contribution in [1.82, 2.24) is 20.0 Å². The second-order valence-electron chi connectivity index (χ2n) is 8.49. The number of aliphatic hydroxyl groups excluding tert-OH is 1. The molecule has 1 atom stereocenters. The lowest BCUT2D eigenvalue weighted by Crippen LogP contribution is -2.55. The summed E-state index contributed by atoms with van der Waals surface area (Å²) in [7, 11) is 0.